The van der Waals surface area contributed by atoms with Crippen LogP contribution in [0.2, 0.25) is 0 Å². The molecule has 1 saturated carbocycles. The maximum atomic E-state index is 5.85. The molecule has 0 aliphatic heterocycles. The molecule has 1 aromatic heterocycles. The molecule has 0 saturated heterocycles. The summed E-state index contributed by atoms with van der Waals surface area (Å²) >= 11 is 0. The van der Waals surface area contributed by atoms with Gasteiger partial charge in [-0.15, -0.1) is 0 Å². The first kappa shape index (κ1) is 9.70. The summed E-state index contributed by atoms with van der Waals surface area (Å²) in [6, 6.07) is 4.00. The van der Waals surface area contributed by atoms with Crippen LogP contribution in [0.15, 0.2) is 18.3 Å². The van der Waals surface area contributed by atoms with Crippen molar-refractivity contribution < 1.29 is 0 Å². The monoisotopic (exact) mass is 215 g/mol. The van der Waals surface area contributed by atoms with Gasteiger partial charge in [0.25, 0.3) is 0 Å². The highest BCUT2D eigenvalue weighted by atomic mass is 15.3. The van der Waals surface area contributed by atoms with Crippen LogP contribution in [0.25, 0.3) is 10.9 Å². The van der Waals surface area contributed by atoms with Crippen LogP contribution in [-0.4, -0.2) is 9.78 Å². The van der Waals surface area contributed by atoms with Gasteiger partial charge in [-0.25, -0.2) is 0 Å². The molecule has 1 heterocycles. The van der Waals surface area contributed by atoms with E-state index in [2.05, 4.69) is 24.7 Å². The average molecular weight is 215 g/mol. The van der Waals surface area contributed by atoms with Crippen molar-refractivity contribution in [2.24, 2.45) is 0 Å². The lowest BCUT2D eigenvalue weighted by Crippen LogP contribution is -2.37. The third-order valence-electron chi connectivity index (χ3n) is 3.81. The third kappa shape index (κ3) is 1.24. The second-order valence-corrected chi connectivity index (χ2v) is 5.20. The number of aromatic nitrogens is 2. The van der Waals surface area contributed by atoms with E-state index in [0.717, 1.165) is 22.2 Å². The number of hydrogen-bond acceptors (Lipinski definition) is 2. The Kier molecular flexibility index (Phi) is 1.82. The smallest absolute Gasteiger partial charge is 0.0954 e. The third-order valence-corrected chi connectivity index (χ3v) is 3.81. The van der Waals surface area contributed by atoms with Crippen LogP contribution in [0.4, 0.5) is 5.69 Å². The maximum Gasteiger partial charge on any atom is 0.0954 e. The Labute approximate surface area is 95.2 Å². The average Bonchev–Trinajstić information content (AvgIpc) is 2.58. The summed E-state index contributed by atoms with van der Waals surface area (Å²) in [7, 11) is 0. The number of aryl methyl sites for hydroxylation is 1. The minimum atomic E-state index is 0.236. The molecule has 0 spiro atoms. The molecular formula is C13H17N3. The lowest BCUT2D eigenvalue weighted by atomic mass is 9.79. The van der Waals surface area contributed by atoms with E-state index >= 15 is 0 Å². The highest BCUT2D eigenvalue weighted by molar-refractivity contribution is 5.84. The fourth-order valence-corrected chi connectivity index (χ4v) is 2.53. The Morgan fingerprint density at radius 3 is 2.75 bits per heavy atom. The SMILES string of the molecule is Cc1cc(N)cc2cn(C3(C)CCC3)nc12. The number of nitrogens with two attached hydrogens (primary N) is 1. The van der Waals surface area contributed by atoms with Crippen molar-refractivity contribution >= 4 is 16.6 Å². The molecule has 1 aliphatic rings. The summed E-state index contributed by atoms with van der Waals surface area (Å²) in [5, 5.41) is 5.87. The molecule has 84 valence electrons. The molecular weight excluding hydrogens is 198 g/mol. The number of rotatable bonds is 1. The summed E-state index contributed by atoms with van der Waals surface area (Å²) in [6.07, 6.45) is 5.91. The van der Waals surface area contributed by atoms with E-state index in [1.54, 1.807) is 0 Å². The molecule has 0 bridgehead atoms. The predicted molar refractivity (Wildman–Crippen MR) is 66.4 cm³/mol. The van der Waals surface area contributed by atoms with Crippen molar-refractivity contribution in [3.05, 3.63) is 23.9 Å². The predicted octanol–water partition coefficient (Wildman–Crippen LogP) is 2.83. The van der Waals surface area contributed by atoms with Crippen LogP contribution in [-0.2, 0) is 5.54 Å². The van der Waals surface area contributed by atoms with Crippen molar-refractivity contribution in [2.75, 3.05) is 5.73 Å². The van der Waals surface area contributed by atoms with Crippen molar-refractivity contribution in [1.29, 1.82) is 0 Å². The van der Waals surface area contributed by atoms with Gasteiger partial charge in [-0.05, 0) is 50.8 Å². The first-order valence-corrected chi connectivity index (χ1v) is 5.84. The second-order valence-electron chi connectivity index (χ2n) is 5.20. The van der Waals surface area contributed by atoms with Crippen LogP contribution in [0, 0.1) is 6.92 Å². The van der Waals surface area contributed by atoms with Crippen molar-refractivity contribution in [1.82, 2.24) is 9.78 Å². The molecule has 1 fully saturated rings. The number of hydrogen-bond donors (Lipinski definition) is 1. The summed E-state index contributed by atoms with van der Waals surface area (Å²) in [5.41, 5.74) is 9.16. The quantitative estimate of drug-likeness (QED) is 0.743. The topological polar surface area (TPSA) is 43.8 Å². The Bertz CT molecular complexity index is 550. The lowest BCUT2D eigenvalue weighted by molar-refractivity contribution is 0.150. The molecule has 0 amide bonds. The van der Waals surface area contributed by atoms with E-state index < -0.39 is 0 Å². The molecule has 16 heavy (non-hydrogen) atoms. The molecule has 3 rings (SSSR count). The Morgan fingerprint density at radius 1 is 1.38 bits per heavy atom. The summed E-state index contributed by atoms with van der Waals surface area (Å²) in [4.78, 5) is 0. The number of anilines is 1. The van der Waals surface area contributed by atoms with Crippen LogP contribution < -0.4 is 5.73 Å². The minimum Gasteiger partial charge on any atom is -0.399 e. The molecule has 0 unspecified atom stereocenters. The van der Waals surface area contributed by atoms with Crippen LogP contribution in [0.5, 0.6) is 0 Å². The van der Waals surface area contributed by atoms with E-state index in [1.807, 2.05) is 12.1 Å². The van der Waals surface area contributed by atoms with Crippen molar-refractivity contribution in [3.8, 4) is 0 Å². The molecule has 3 nitrogen and oxygen atoms in total. The van der Waals surface area contributed by atoms with Gasteiger partial charge in [0.05, 0.1) is 11.1 Å². The first-order chi connectivity index (χ1) is 7.58. The van der Waals surface area contributed by atoms with Gasteiger partial charge >= 0.3 is 0 Å². The maximum absolute atomic E-state index is 5.85. The standard InChI is InChI=1S/C13H17N3/c1-9-6-11(14)7-10-8-16(15-12(9)10)13(2)4-3-5-13/h6-8H,3-5,14H2,1-2H3. The summed E-state index contributed by atoms with van der Waals surface area (Å²) in [5.74, 6) is 0. The van der Waals surface area contributed by atoms with E-state index in [1.165, 1.54) is 19.3 Å². The van der Waals surface area contributed by atoms with Gasteiger partial charge in [-0.1, -0.05) is 0 Å². The van der Waals surface area contributed by atoms with E-state index in [9.17, 15) is 0 Å². The Hall–Kier alpha value is -1.51. The highest BCUT2D eigenvalue weighted by Gasteiger charge is 2.34. The van der Waals surface area contributed by atoms with Gasteiger partial charge in [0.1, 0.15) is 0 Å². The fourth-order valence-electron chi connectivity index (χ4n) is 2.53. The van der Waals surface area contributed by atoms with Crippen molar-refractivity contribution in [3.63, 3.8) is 0 Å². The molecule has 0 atom stereocenters. The largest absolute Gasteiger partial charge is 0.399 e. The van der Waals surface area contributed by atoms with E-state index in [0.29, 0.717) is 0 Å². The lowest BCUT2D eigenvalue weighted by Gasteiger charge is -2.38. The zero-order valence-electron chi connectivity index (χ0n) is 9.83. The second kappa shape index (κ2) is 3.00. The number of fused-ring (bicyclic) bond motifs is 1. The molecule has 2 aromatic rings. The number of nitrogens with zero attached hydrogens (tertiary/aromatic N) is 2. The van der Waals surface area contributed by atoms with E-state index in [4.69, 9.17) is 10.8 Å². The highest BCUT2D eigenvalue weighted by Crippen LogP contribution is 2.39. The van der Waals surface area contributed by atoms with Crippen LogP contribution in [0.3, 0.4) is 0 Å². The number of benzene rings is 1. The Balaban J connectivity index is 2.19. The van der Waals surface area contributed by atoms with Gasteiger partial charge in [0.2, 0.25) is 0 Å². The van der Waals surface area contributed by atoms with Gasteiger partial charge in [-0.3, -0.25) is 4.68 Å². The Morgan fingerprint density at radius 2 is 2.12 bits per heavy atom. The summed E-state index contributed by atoms with van der Waals surface area (Å²) in [6.45, 7) is 4.35. The fraction of sp³-hybridized carbons (Fsp3) is 0.462. The van der Waals surface area contributed by atoms with Gasteiger partial charge in [0, 0.05) is 17.3 Å². The first-order valence-electron chi connectivity index (χ1n) is 5.84. The molecule has 1 aromatic carbocycles. The minimum absolute atomic E-state index is 0.236. The zero-order valence-corrected chi connectivity index (χ0v) is 9.83. The zero-order chi connectivity index (χ0) is 11.3. The molecule has 3 heteroatoms. The van der Waals surface area contributed by atoms with Gasteiger partial charge in [-0.2, -0.15) is 5.10 Å². The summed E-state index contributed by atoms with van der Waals surface area (Å²) < 4.78 is 2.13. The van der Waals surface area contributed by atoms with Gasteiger partial charge in [0.15, 0.2) is 0 Å². The van der Waals surface area contributed by atoms with Crippen LogP contribution >= 0.6 is 0 Å². The van der Waals surface area contributed by atoms with Crippen molar-refractivity contribution in [2.45, 2.75) is 38.6 Å². The van der Waals surface area contributed by atoms with E-state index in [-0.39, 0.29) is 5.54 Å². The molecule has 1 aliphatic carbocycles. The molecule has 0 radical (unpaired) electrons. The van der Waals surface area contributed by atoms with Crippen LogP contribution in [0.1, 0.15) is 31.7 Å². The molecule has 2 N–H and O–H groups in total. The van der Waals surface area contributed by atoms with Gasteiger partial charge < -0.3 is 5.73 Å². The number of nitrogen functional groups attached to an aromatic ring is 1. The normalized spacial score (nSPS) is 18.6.